The van der Waals surface area contributed by atoms with Crippen LogP contribution < -0.4 is 0 Å². The van der Waals surface area contributed by atoms with Crippen LogP contribution in [-0.4, -0.2) is 55.9 Å². The van der Waals surface area contributed by atoms with Gasteiger partial charge in [-0.25, -0.2) is 8.42 Å². The Morgan fingerprint density at radius 1 is 1.12 bits per heavy atom. The van der Waals surface area contributed by atoms with Gasteiger partial charge < -0.3 is 4.90 Å². The molecule has 1 amide bonds. The summed E-state index contributed by atoms with van der Waals surface area (Å²) in [6, 6.07) is 3.44. The van der Waals surface area contributed by atoms with Gasteiger partial charge in [0.2, 0.25) is 10.0 Å². The molecule has 0 aliphatic carbocycles. The van der Waals surface area contributed by atoms with Crippen molar-refractivity contribution in [2.24, 2.45) is 0 Å². The van der Waals surface area contributed by atoms with Crippen molar-refractivity contribution in [1.29, 1.82) is 0 Å². The van der Waals surface area contributed by atoms with Crippen molar-refractivity contribution in [3.8, 4) is 0 Å². The van der Waals surface area contributed by atoms with E-state index in [1.54, 1.807) is 13.8 Å². The standard InChI is InChI=1S/C15H20ClF3N2O3S/c1-4-20(10-15(17,18)19)14(22)11-7-8-12(16)13(9-11)25(23,24)21(5-2)6-3/h7-9H,4-6,10H2,1-3H3. The normalized spacial score (nSPS) is 12.5. The van der Waals surface area contributed by atoms with E-state index in [1.165, 1.54) is 19.1 Å². The Labute approximate surface area is 150 Å². The fraction of sp³-hybridized carbons (Fsp3) is 0.533. The van der Waals surface area contributed by atoms with E-state index >= 15 is 0 Å². The summed E-state index contributed by atoms with van der Waals surface area (Å²) in [6.07, 6.45) is -4.55. The van der Waals surface area contributed by atoms with Gasteiger partial charge in [0.1, 0.15) is 11.4 Å². The topological polar surface area (TPSA) is 57.7 Å². The Kier molecular flexibility index (Phi) is 7.28. The van der Waals surface area contributed by atoms with E-state index < -0.39 is 28.7 Å². The van der Waals surface area contributed by atoms with Gasteiger partial charge in [0.25, 0.3) is 5.91 Å². The van der Waals surface area contributed by atoms with E-state index in [1.807, 2.05) is 0 Å². The van der Waals surface area contributed by atoms with E-state index in [-0.39, 0.29) is 35.1 Å². The lowest BCUT2D eigenvalue weighted by Gasteiger charge is -2.23. The molecule has 1 aromatic carbocycles. The lowest BCUT2D eigenvalue weighted by molar-refractivity contribution is -0.140. The Morgan fingerprint density at radius 3 is 2.12 bits per heavy atom. The van der Waals surface area contributed by atoms with Crippen LogP contribution in [0.15, 0.2) is 23.1 Å². The highest BCUT2D eigenvalue weighted by Gasteiger charge is 2.33. The minimum absolute atomic E-state index is 0.0951. The summed E-state index contributed by atoms with van der Waals surface area (Å²) in [5, 5.41) is -0.0951. The maximum absolute atomic E-state index is 12.6. The molecule has 10 heteroatoms. The zero-order chi connectivity index (χ0) is 19.4. The molecule has 0 aliphatic rings. The van der Waals surface area contributed by atoms with Gasteiger partial charge in [-0.1, -0.05) is 25.4 Å². The van der Waals surface area contributed by atoms with Crippen molar-refractivity contribution < 1.29 is 26.4 Å². The lowest BCUT2D eigenvalue weighted by Crippen LogP contribution is -2.39. The molecule has 142 valence electrons. The summed E-state index contributed by atoms with van der Waals surface area (Å²) in [7, 11) is -3.95. The number of nitrogens with zero attached hydrogens (tertiary/aromatic N) is 2. The summed E-state index contributed by atoms with van der Waals surface area (Å²) in [4.78, 5) is 12.6. The molecule has 1 rings (SSSR count). The first-order chi connectivity index (χ1) is 11.5. The van der Waals surface area contributed by atoms with Crippen molar-refractivity contribution in [2.45, 2.75) is 31.8 Å². The number of amides is 1. The van der Waals surface area contributed by atoms with Crippen LogP contribution in [0.5, 0.6) is 0 Å². The Bertz CT molecular complexity index is 719. The van der Waals surface area contributed by atoms with Gasteiger partial charge in [-0.15, -0.1) is 0 Å². The molecule has 0 N–H and O–H groups in total. The Balaban J connectivity index is 3.31. The van der Waals surface area contributed by atoms with Gasteiger partial charge in [-0.3, -0.25) is 4.79 Å². The number of carbonyl (C=O) groups excluding carboxylic acids is 1. The van der Waals surface area contributed by atoms with Crippen LogP contribution >= 0.6 is 11.6 Å². The number of alkyl halides is 3. The molecule has 0 unspecified atom stereocenters. The quantitative estimate of drug-likeness (QED) is 0.705. The number of carbonyl (C=O) groups is 1. The average Bonchev–Trinajstić information content (AvgIpc) is 2.52. The summed E-state index contributed by atoms with van der Waals surface area (Å²) >= 11 is 5.95. The second kappa shape index (κ2) is 8.37. The largest absolute Gasteiger partial charge is 0.406 e. The molecular formula is C15H20ClF3N2O3S. The molecule has 0 fully saturated rings. The third kappa shape index (κ3) is 5.32. The highest BCUT2D eigenvalue weighted by Crippen LogP contribution is 2.27. The lowest BCUT2D eigenvalue weighted by atomic mass is 10.2. The minimum atomic E-state index is -4.55. The summed E-state index contributed by atoms with van der Waals surface area (Å²) in [5.74, 6) is -0.910. The predicted molar refractivity (Wildman–Crippen MR) is 89.2 cm³/mol. The van der Waals surface area contributed by atoms with E-state index in [0.29, 0.717) is 4.90 Å². The number of benzene rings is 1. The van der Waals surface area contributed by atoms with E-state index in [4.69, 9.17) is 11.6 Å². The van der Waals surface area contributed by atoms with Crippen LogP contribution in [0.25, 0.3) is 0 Å². The molecule has 0 radical (unpaired) electrons. The second-order valence-corrected chi connectivity index (χ2v) is 7.48. The Morgan fingerprint density at radius 2 is 1.68 bits per heavy atom. The van der Waals surface area contributed by atoms with E-state index in [9.17, 15) is 26.4 Å². The molecule has 0 aromatic heterocycles. The van der Waals surface area contributed by atoms with Crippen molar-refractivity contribution >= 4 is 27.5 Å². The maximum atomic E-state index is 12.6. The molecule has 0 saturated carbocycles. The van der Waals surface area contributed by atoms with Crippen LogP contribution in [0.1, 0.15) is 31.1 Å². The smallest absolute Gasteiger partial charge is 0.330 e. The number of hydrogen-bond donors (Lipinski definition) is 0. The zero-order valence-corrected chi connectivity index (χ0v) is 15.7. The van der Waals surface area contributed by atoms with Crippen molar-refractivity contribution in [3.05, 3.63) is 28.8 Å². The fourth-order valence-electron chi connectivity index (χ4n) is 2.26. The second-order valence-electron chi connectivity index (χ2n) is 5.17. The molecule has 5 nitrogen and oxygen atoms in total. The minimum Gasteiger partial charge on any atom is -0.330 e. The van der Waals surface area contributed by atoms with Crippen LogP contribution in [0.2, 0.25) is 5.02 Å². The SMILES string of the molecule is CCN(CC(F)(F)F)C(=O)c1ccc(Cl)c(S(=O)(=O)N(CC)CC)c1. The van der Waals surface area contributed by atoms with Crippen LogP contribution in [-0.2, 0) is 10.0 Å². The highest BCUT2D eigenvalue weighted by atomic mass is 35.5. The molecule has 0 bridgehead atoms. The first kappa shape index (κ1) is 21.7. The first-order valence-corrected chi connectivity index (χ1v) is 9.45. The molecule has 0 saturated heterocycles. The number of sulfonamides is 1. The van der Waals surface area contributed by atoms with Crippen molar-refractivity contribution in [3.63, 3.8) is 0 Å². The first-order valence-electron chi connectivity index (χ1n) is 7.63. The highest BCUT2D eigenvalue weighted by molar-refractivity contribution is 7.89. The monoisotopic (exact) mass is 400 g/mol. The third-order valence-corrected chi connectivity index (χ3v) is 6.07. The van der Waals surface area contributed by atoms with Crippen molar-refractivity contribution in [1.82, 2.24) is 9.21 Å². The van der Waals surface area contributed by atoms with Crippen LogP contribution in [0.4, 0.5) is 13.2 Å². The Hall–Kier alpha value is -1.32. The molecule has 0 heterocycles. The molecular weight excluding hydrogens is 381 g/mol. The van der Waals surface area contributed by atoms with Crippen LogP contribution in [0.3, 0.4) is 0 Å². The van der Waals surface area contributed by atoms with Gasteiger partial charge in [0, 0.05) is 25.2 Å². The molecule has 25 heavy (non-hydrogen) atoms. The zero-order valence-electron chi connectivity index (χ0n) is 14.1. The predicted octanol–water partition coefficient (Wildman–Crippen LogP) is 3.39. The van der Waals surface area contributed by atoms with E-state index in [2.05, 4.69) is 0 Å². The third-order valence-electron chi connectivity index (χ3n) is 3.54. The van der Waals surface area contributed by atoms with Gasteiger partial charge in [-0.2, -0.15) is 17.5 Å². The van der Waals surface area contributed by atoms with Gasteiger partial charge in [0.05, 0.1) is 5.02 Å². The van der Waals surface area contributed by atoms with Gasteiger partial charge in [0.15, 0.2) is 0 Å². The molecule has 1 aromatic rings. The van der Waals surface area contributed by atoms with E-state index in [0.717, 1.165) is 10.4 Å². The summed E-state index contributed by atoms with van der Waals surface area (Å²) < 4.78 is 64.1. The summed E-state index contributed by atoms with van der Waals surface area (Å²) in [6.45, 7) is 3.51. The van der Waals surface area contributed by atoms with Gasteiger partial charge in [-0.05, 0) is 25.1 Å². The summed E-state index contributed by atoms with van der Waals surface area (Å²) in [5.41, 5.74) is -0.166. The number of rotatable bonds is 7. The number of hydrogen-bond acceptors (Lipinski definition) is 3. The maximum Gasteiger partial charge on any atom is 0.406 e. The molecule has 0 aliphatic heterocycles. The van der Waals surface area contributed by atoms with Crippen LogP contribution in [0, 0.1) is 0 Å². The average molecular weight is 401 g/mol. The van der Waals surface area contributed by atoms with Gasteiger partial charge >= 0.3 is 6.18 Å². The number of halogens is 4. The van der Waals surface area contributed by atoms with Crippen molar-refractivity contribution in [2.75, 3.05) is 26.2 Å². The molecule has 0 spiro atoms. The fourth-order valence-corrected chi connectivity index (χ4v) is 4.22. The molecule has 0 atom stereocenters.